The maximum atomic E-state index is 5.76. The van der Waals surface area contributed by atoms with Crippen molar-refractivity contribution >= 4 is 24.3 Å². The van der Waals surface area contributed by atoms with E-state index in [1.165, 1.54) is 0 Å². The molecule has 0 atom stereocenters. The molecule has 0 bridgehead atoms. The van der Waals surface area contributed by atoms with Gasteiger partial charge >= 0.3 is 0 Å². The molecule has 0 unspecified atom stereocenters. The first-order valence-corrected chi connectivity index (χ1v) is 11.2. The van der Waals surface area contributed by atoms with E-state index in [-0.39, 0.29) is 0 Å². The first kappa shape index (κ1) is 26.3. The number of rotatable bonds is 11. The Kier molecular flexibility index (Phi) is 9.11. The van der Waals surface area contributed by atoms with Crippen molar-refractivity contribution in [1.82, 2.24) is 0 Å². The molecule has 0 aliphatic carbocycles. The van der Waals surface area contributed by atoms with E-state index >= 15 is 0 Å². The van der Waals surface area contributed by atoms with Gasteiger partial charge in [0.15, 0.2) is 23.0 Å². The van der Waals surface area contributed by atoms with E-state index in [0.717, 1.165) is 28.0 Å². The molecule has 0 aliphatic heterocycles. The van der Waals surface area contributed by atoms with Crippen molar-refractivity contribution in [2.24, 2.45) is 0 Å². The minimum Gasteiger partial charge on any atom is -0.496 e. The Morgan fingerprint density at radius 2 is 0.750 bits per heavy atom. The topological polar surface area (TPSA) is 64.6 Å². The number of hydrogen-bond donors (Lipinski definition) is 0. The number of benzene rings is 3. The van der Waals surface area contributed by atoms with Gasteiger partial charge in [0.1, 0.15) is 5.75 Å². The third-order valence-electron chi connectivity index (χ3n) is 5.56. The van der Waals surface area contributed by atoms with E-state index in [9.17, 15) is 0 Å². The van der Waals surface area contributed by atoms with Gasteiger partial charge in [-0.15, -0.1) is 0 Å². The van der Waals surface area contributed by atoms with Gasteiger partial charge in [-0.25, -0.2) is 0 Å². The summed E-state index contributed by atoms with van der Waals surface area (Å²) >= 11 is 0. The first-order valence-electron chi connectivity index (χ1n) is 11.2. The summed E-state index contributed by atoms with van der Waals surface area (Å²) in [6, 6.07) is 13.5. The van der Waals surface area contributed by atoms with Crippen LogP contribution in [-0.4, -0.2) is 49.8 Å². The highest BCUT2D eigenvalue weighted by molar-refractivity contribution is 5.80. The number of para-hydroxylation sites is 1. The molecule has 0 amide bonds. The molecule has 0 spiro atoms. The lowest BCUT2D eigenvalue weighted by Crippen LogP contribution is -1.95. The predicted molar refractivity (Wildman–Crippen MR) is 143 cm³/mol. The predicted octanol–water partition coefficient (Wildman–Crippen LogP) is 6.09. The van der Waals surface area contributed by atoms with Crippen LogP contribution in [0.4, 0.5) is 0 Å². The second kappa shape index (κ2) is 12.4. The minimum atomic E-state index is 0.550. The van der Waals surface area contributed by atoms with Gasteiger partial charge in [-0.3, -0.25) is 0 Å². The van der Waals surface area contributed by atoms with Gasteiger partial charge < -0.3 is 33.2 Å². The fraction of sp³-hybridized carbons (Fsp3) is 0.241. The average molecular weight is 493 g/mol. The van der Waals surface area contributed by atoms with Crippen molar-refractivity contribution in [3.63, 3.8) is 0 Å². The summed E-state index contributed by atoms with van der Waals surface area (Å²) in [7, 11) is 11.2. The Morgan fingerprint density at radius 1 is 0.417 bits per heavy atom. The van der Waals surface area contributed by atoms with Crippen molar-refractivity contribution < 1.29 is 33.2 Å². The van der Waals surface area contributed by atoms with E-state index in [4.69, 9.17) is 33.2 Å². The monoisotopic (exact) mass is 492 g/mol. The van der Waals surface area contributed by atoms with Gasteiger partial charge in [-0.1, -0.05) is 42.5 Å². The van der Waals surface area contributed by atoms with Crippen molar-refractivity contribution in [2.45, 2.75) is 0 Å². The fourth-order valence-corrected chi connectivity index (χ4v) is 3.84. The van der Waals surface area contributed by atoms with Gasteiger partial charge in [0.05, 0.1) is 49.8 Å². The average Bonchev–Trinajstić information content (AvgIpc) is 2.93. The SMILES string of the molecule is COc1cc(/C=C/c2cccc(/C=C/c3cc(OC)c(OC)c(OC)c3)c2OC)cc(OC)c1OC. The normalized spacial score (nSPS) is 11.0. The molecule has 3 aromatic carbocycles. The summed E-state index contributed by atoms with van der Waals surface area (Å²) < 4.78 is 38.4. The van der Waals surface area contributed by atoms with Crippen molar-refractivity contribution in [3.8, 4) is 40.2 Å². The number of hydrogen-bond acceptors (Lipinski definition) is 7. The van der Waals surface area contributed by atoms with Crippen LogP contribution in [0.3, 0.4) is 0 Å². The van der Waals surface area contributed by atoms with E-state index in [0.29, 0.717) is 34.5 Å². The number of ether oxygens (including phenoxy) is 7. The molecule has 0 aromatic heterocycles. The molecule has 7 heteroatoms. The lowest BCUT2D eigenvalue weighted by molar-refractivity contribution is 0.324. The molecule has 3 rings (SSSR count). The van der Waals surface area contributed by atoms with Crippen LogP contribution >= 0.6 is 0 Å². The van der Waals surface area contributed by atoms with Crippen LogP contribution < -0.4 is 33.2 Å². The summed E-state index contributed by atoms with van der Waals surface area (Å²) in [4.78, 5) is 0. The molecule has 0 saturated heterocycles. The van der Waals surface area contributed by atoms with Gasteiger partial charge in [-0.2, -0.15) is 0 Å². The zero-order valence-electron chi connectivity index (χ0n) is 21.7. The summed E-state index contributed by atoms with van der Waals surface area (Å²) in [6.07, 6.45) is 7.90. The van der Waals surface area contributed by atoms with Gasteiger partial charge in [-0.05, 0) is 35.4 Å². The van der Waals surface area contributed by atoms with Gasteiger partial charge in [0.25, 0.3) is 0 Å². The summed E-state index contributed by atoms with van der Waals surface area (Å²) in [5, 5.41) is 0. The third-order valence-corrected chi connectivity index (χ3v) is 5.56. The van der Waals surface area contributed by atoms with Crippen LogP contribution in [0.1, 0.15) is 22.3 Å². The first-order chi connectivity index (χ1) is 17.5. The maximum Gasteiger partial charge on any atom is 0.203 e. The van der Waals surface area contributed by atoms with Crippen LogP contribution in [0.5, 0.6) is 40.2 Å². The smallest absolute Gasteiger partial charge is 0.203 e. The van der Waals surface area contributed by atoms with Crippen molar-refractivity contribution in [1.29, 1.82) is 0 Å². The van der Waals surface area contributed by atoms with Crippen molar-refractivity contribution in [2.75, 3.05) is 49.8 Å². The molecule has 0 N–H and O–H groups in total. The van der Waals surface area contributed by atoms with Gasteiger partial charge in [0.2, 0.25) is 11.5 Å². The standard InChI is InChI=1S/C29H32O7/c1-30-23-15-19(16-24(31-2)28(23)35-6)11-13-21-9-8-10-22(27(21)34-5)14-12-20-17-25(32-3)29(36-7)26(18-20)33-4/h8-18H,1-7H3/b13-11+,14-12+. The largest absolute Gasteiger partial charge is 0.496 e. The van der Waals surface area contributed by atoms with E-state index in [1.807, 2.05) is 66.8 Å². The third kappa shape index (κ3) is 5.68. The van der Waals surface area contributed by atoms with Crippen LogP contribution in [0.2, 0.25) is 0 Å². The van der Waals surface area contributed by atoms with E-state index in [2.05, 4.69) is 0 Å². The Hall–Kier alpha value is -4.26. The zero-order chi connectivity index (χ0) is 26.1. The van der Waals surface area contributed by atoms with E-state index < -0.39 is 0 Å². The Labute approximate surface area is 212 Å². The lowest BCUT2D eigenvalue weighted by Gasteiger charge is -2.13. The van der Waals surface area contributed by atoms with Crippen LogP contribution in [0.25, 0.3) is 24.3 Å². The van der Waals surface area contributed by atoms with Crippen molar-refractivity contribution in [3.05, 3.63) is 64.7 Å². The Morgan fingerprint density at radius 3 is 1.03 bits per heavy atom. The molecular formula is C29H32O7. The molecule has 36 heavy (non-hydrogen) atoms. The van der Waals surface area contributed by atoms with Crippen LogP contribution in [0.15, 0.2) is 42.5 Å². The highest BCUT2D eigenvalue weighted by Gasteiger charge is 2.14. The highest BCUT2D eigenvalue weighted by Crippen LogP contribution is 2.40. The molecule has 0 saturated carbocycles. The second-order valence-electron chi connectivity index (χ2n) is 7.55. The quantitative estimate of drug-likeness (QED) is 0.300. The molecule has 190 valence electrons. The van der Waals surface area contributed by atoms with Gasteiger partial charge in [0, 0.05) is 11.1 Å². The molecule has 0 fully saturated rings. The molecule has 0 heterocycles. The molecular weight excluding hydrogens is 460 g/mol. The molecule has 0 aliphatic rings. The fourth-order valence-electron chi connectivity index (χ4n) is 3.84. The van der Waals surface area contributed by atoms with Crippen LogP contribution in [-0.2, 0) is 0 Å². The zero-order valence-corrected chi connectivity index (χ0v) is 21.7. The molecule has 7 nitrogen and oxygen atoms in total. The maximum absolute atomic E-state index is 5.76. The minimum absolute atomic E-state index is 0.550. The lowest BCUT2D eigenvalue weighted by atomic mass is 10.0. The summed E-state index contributed by atoms with van der Waals surface area (Å²) in [5.74, 6) is 4.19. The highest BCUT2D eigenvalue weighted by atomic mass is 16.5. The summed E-state index contributed by atoms with van der Waals surface area (Å²) in [5.41, 5.74) is 3.62. The van der Waals surface area contributed by atoms with Crippen LogP contribution in [0, 0.1) is 0 Å². The molecule has 3 aromatic rings. The Balaban J connectivity index is 1.96. The molecule has 0 radical (unpaired) electrons. The summed E-state index contributed by atoms with van der Waals surface area (Å²) in [6.45, 7) is 0. The second-order valence-corrected chi connectivity index (χ2v) is 7.55. The number of methoxy groups -OCH3 is 7. The van der Waals surface area contributed by atoms with E-state index in [1.54, 1.807) is 49.8 Å². The Bertz CT molecular complexity index is 1100.